The lowest BCUT2D eigenvalue weighted by atomic mass is 10.9. The van der Waals surface area contributed by atoms with Gasteiger partial charge in [-0.05, 0) is 13.8 Å². The van der Waals surface area contributed by atoms with Crippen molar-refractivity contribution in [2.75, 3.05) is 20.3 Å². The zero-order valence-electron chi connectivity index (χ0n) is 7.90. The Morgan fingerprint density at radius 1 is 1.31 bits per heavy atom. The van der Waals surface area contributed by atoms with Gasteiger partial charge in [0, 0.05) is 0 Å². The van der Waals surface area contributed by atoms with Crippen molar-refractivity contribution in [2.45, 2.75) is 13.8 Å². The van der Waals surface area contributed by atoms with Crippen LogP contribution in [0, 0.1) is 0 Å². The topological polar surface area (TPSA) is 73.9 Å². The third-order valence-corrected chi connectivity index (χ3v) is 2.66. The van der Waals surface area contributed by atoms with Gasteiger partial charge in [-0.2, -0.15) is 0 Å². The van der Waals surface area contributed by atoms with Gasteiger partial charge < -0.3 is 4.74 Å². The zero-order chi connectivity index (χ0) is 10.3. The fraction of sp³-hybridized carbons (Fsp3) is 0.833. The Balaban J connectivity index is 4.23. The van der Waals surface area contributed by atoms with Crippen molar-refractivity contribution >= 4 is 13.8 Å². The van der Waals surface area contributed by atoms with Gasteiger partial charge in [-0.1, -0.05) is 0 Å². The highest BCUT2D eigenvalue weighted by Crippen LogP contribution is 2.43. The van der Waals surface area contributed by atoms with E-state index in [4.69, 9.17) is 9.05 Å². The summed E-state index contributed by atoms with van der Waals surface area (Å²) in [4.78, 5) is 10.7. The first-order valence-electron chi connectivity index (χ1n) is 3.83. The van der Waals surface area contributed by atoms with Crippen molar-refractivity contribution in [3.8, 4) is 0 Å². The van der Waals surface area contributed by atoms with Gasteiger partial charge in [-0.15, -0.1) is 0 Å². The van der Waals surface area contributed by atoms with Gasteiger partial charge in [0.2, 0.25) is 0 Å². The van der Waals surface area contributed by atoms with Gasteiger partial charge >= 0.3 is 13.8 Å². The first-order chi connectivity index (χ1) is 6.08. The van der Waals surface area contributed by atoms with Crippen LogP contribution in [0.25, 0.3) is 0 Å². The van der Waals surface area contributed by atoms with E-state index in [0.717, 1.165) is 7.11 Å². The molecule has 0 aromatic carbocycles. The summed E-state index contributed by atoms with van der Waals surface area (Å²) in [5, 5.41) is 1.99. The maximum absolute atomic E-state index is 11.5. The van der Waals surface area contributed by atoms with E-state index >= 15 is 0 Å². The van der Waals surface area contributed by atoms with E-state index in [1.165, 1.54) is 0 Å². The number of rotatable bonds is 5. The molecule has 0 bridgehead atoms. The predicted molar refractivity (Wildman–Crippen MR) is 46.4 cm³/mol. The molecule has 1 N–H and O–H groups in total. The SMILES string of the molecule is CCOP(=O)(NC(=O)OC)OCC. The number of hydrogen-bond donors (Lipinski definition) is 1. The lowest BCUT2D eigenvalue weighted by Gasteiger charge is -2.16. The van der Waals surface area contributed by atoms with Gasteiger partial charge in [-0.25, -0.2) is 14.4 Å². The second-order valence-corrected chi connectivity index (χ2v) is 3.67. The van der Waals surface area contributed by atoms with Gasteiger partial charge in [-0.3, -0.25) is 9.05 Å². The molecule has 78 valence electrons. The van der Waals surface area contributed by atoms with E-state index in [-0.39, 0.29) is 13.2 Å². The molecule has 6 nitrogen and oxygen atoms in total. The van der Waals surface area contributed by atoms with Crippen LogP contribution in [0.5, 0.6) is 0 Å². The van der Waals surface area contributed by atoms with E-state index in [0.29, 0.717) is 0 Å². The molecule has 0 aromatic rings. The average molecular weight is 211 g/mol. The standard InChI is InChI=1S/C6H14NO5P/c1-4-11-13(9,12-5-2)7-6(8)10-3/h4-5H2,1-3H3,(H,7,8,9). The molecule has 0 aliphatic rings. The minimum absolute atomic E-state index is 0.182. The Labute approximate surface area is 77.1 Å². The maximum atomic E-state index is 11.5. The number of carbonyl (C=O) groups excluding carboxylic acids is 1. The minimum Gasteiger partial charge on any atom is -0.453 e. The van der Waals surface area contributed by atoms with Crippen LogP contribution in [0.15, 0.2) is 0 Å². The molecule has 0 atom stereocenters. The lowest BCUT2D eigenvalue weighted by Crippen LogP contribution is -2.22. The molecule has 0 aliphatic heterocycles. The second kappa shape index (κ2) is 5.96. The molecule has 0 aliphatic carbocycles. The highest BCUT2D eigenvalue weighted by molar-refractivity contribution is 7.52. The van der Waals surface area contributed by atoms with Crippen molar-refractivity contribution in [2.24, 2.45) is 0 Å². The van der Waals surface area contributed by atoms with Gasteiger partial charge in [0.25, 0.3) is 0 Å². The van der Waals surface area contributed by atoms with Crippen molar-refractivity contribution in [3.63, 3.8) is 0 Å². The fourth-order valence-corrected chi connectivity index (χ4v) is 1.80. The molecule has 0 saturated carbocycles. The summed E-state index contributed by atoms with van der Waals surface area (Å²) in [6.07, 6.45) is -0.842. The quantitative estimate of drug-likeness (QED) is 0.698. The van der Waals surface area contributed by atoms with Crippen molar-refractivity contribution in [3.05, 3.63) is 0 Å². The molecule has 0 saturated heterocycles. The van der Waals surface area contributed by atoms with Crippen LogP contribution in [0.3, 0.4) is 0 Å². The van der Waals surface area contributed by atoms with Crippen LogP contribution in [0.4, 0.5) is 4.79 Å². The normalized spacial score (nSPS) is 11.0. The number of carbonyl (C=O) groups is 1. The van der Waals surface area contributed by atoms with Crippen molar-refractivity contribution in [1.82, 2.24) is 5.09 Å². The van der Waals surface area contributed by atoms with Crippen LogP contribution in [0.2, 0.25) is 0 Å². The average Bonchev–Trinajstić information content (AvgIpc) is 2.04. The molecule has 0 heterocycles. The molecular weight excluding hydrogens is 197 g/mol. The third kappa shape index (κ3) is 4.87. The molecule has 0 rings (SSSR count). The summed E-state index contributed by atoms with van der Waals surface area (Å²) in [6, 6.07) is 0. The Hall–Kier alpha value is -0.580. The summed E-state index contributed by atoms with van der Waals surface area (Å²) >= 11 is 0. The first-order valence-corrected chi connectivity index (χ1v) is 5.37. The molecule has 0 radical (unpaired) electrons. The van der Waals surface area contributed by atoms with E-state index in [1.807, 2.05) is 5.09 Å². The number of nitrogens with one attached hydrogen (secondary N) is 1. The fourth-order valence-electron chi connectivity index (χ4n) is 0.599. The van der Waals surface area contributed by atoms with E-state index in [9.17, 15) is 9.36 Å². The van der Waals surface area contributed by atoms with Crippen LogP contribution in [-0.4, -0.2) is 26.4 Å². The van der Waals surface area contributed by atoms with Gasteiger partial charge in [0.1, 0.15) is 0 Å². The summed E-state index contributed by atoms with van der Waals surface area (Å²) in [7, 11) is -2.35. The summed E-state index contributed by atoms with van der Waals surface area (Å²) in [5.74, 6) is 0. The van der Waals surface area contributed by atoms with E-state index in [1.54, 1.807) is 13.8 Å². The molecule has 1 amide bonds. The number of methoxy groups -OCH3 is 1. The van der Waals surface area contributed by atoms with E-state index < -0.39 is 13.8 Å². The maximum Gasteiger partial charge on any atom is 0.437 e. The Bertz CT molecular complexity index is 197. The third-order valence-electron chi connectivity index (χ3n) is 1.01. The predicted octanol–water partition coefficient (Wildman–Crippen LogP) is 1.52. The van der Waals surface area contributed by atoms with Gasteiger partial charge in [0.15, 0.2) is 0 Å². The van der Waals surface area contributed by atoms with Gasteiger partial charge in [0.05, 0.1) is 20.3 Å². The molecule has 7 heteroatoms. The Kier molecular flexibility index (Phi) is 5.70. The smallest absolute Gasteiger partial charge is 0.437 e. The van der Waals surface area contributed by atoms with Crippen molar-refractivity contribution < 1.29 is 23.1 Å². The summed E-state index contributed by atoms with van der Waals surface area (Å²) < 4.78 is 25.3. The largest absolute Gasteiger partial charge is 0.453 e. The van der Waals surface area contributed by atoms with Crippen LogP contribution in [0.1, 0.15) is 13.8 Å². The Morgan fingerprint density at radius 2 is 1.77 bits per heavy atom. The van der Waals surface area contributed by atoms with Crippen molar-refractivity contribution in [1.29, 1.82) is 0 Å². The van der Waals surface area contributed by atoms with Crippen LogP contribution < -0.4 is 5.09 Å². The van der Waals surface area contributed by atoms with Crippen LogP contribution in [-0.2, 0) is 18.3 Å². The highest BCUT2D eigenvalue weighted by Gasteiger charge is 2.26. The molecule has 0 unspecified atom stereocenters. The zero-order valence-corrected chi connectivity index (χ0v) is 8.80. The molecule has 0 spiro atoms. The summed E-state index contributed by atoms with van der Waals surface area (Å²) in [5.41, 5.74) is 0. The number of amides is 1. The Morgan fingerprint density at radius 3 is 2.08 bits per heavy atom. The number of ether oxygens (including phenoxy) is 1. The molecule has 0 aromatic heterocycles. The van der Waals surface area contributed by atoms with E-state index in [2.05, 4.69) is 4.74 Å². The first kappa shape index (κ1) is 12.4. The molecule has 0 fully saturated rings. The summed E-state index contributed by atoms with van der Waals surface area (Å²) in [6.45, 7) is 3.65. The molecule has 13 heavy (non-hydrogen) atoms. The second-order valence-electron chi connectivity index (χ2n) is 1.94. The molecular formula is C6H14NO5P. The highest BCUT2D eigenvalue weighted by atomic mass is 31.2. The minimum atomic E-state index is -3.52. The van der Waals surface area contributed by atoms with Crippen LogP contribution >= 0.6 is 7.75 Å². The monoisotopic (exact) mass is 211 g/mol. The lowest BCUT2D eigenvalue weighted by molar-refractivity contribution is 0.165. The number of hydrogen-bond acceptors (Lipinski definition) is 5.